The van der Waals surface area contributed by atoms with Gasteiger partial charge in [0.15, 0.2) is 0 Å². The minimum absolute atomic E-state index is 0.152. The number of anilines is 1. The van der Waals surface area contributed by atoms with Gasteiger partial charge in [-0.3, -0.25) is 10.1 Å². The van der Waals surface area contributed by atoms with Crippen molar-refractivity contribution in [2.45, 2.75) is 19.3 Å². The standard InChI is InChI=1S/C25H23FN2O2/c26-23-12-10-21(11-13-23)22-6-4-5-19(17-22)7-8-20-9-14-24(25(18-20)28(29)30)27-15-2-1-3-16-27/h4-14,17-18H,1-3,15-16H2/b8-7+. The summed E-state index contributed by atoms with van der Waals surface area (Å²) >= 11 is 0. The molecule has 30 heavy (non-hydrogen) atoms. The Hall–Kier alpha value is -3.47. The van der Waals surface area contributed by atoms with E-state index >= 15 is 0 Å². The number of hydrogen-bond acceptors (Lipinski definition) is 3. The maximum absolute atomic E-state index is 13.2. The lowest BCUT2D eigenvalue weighted by atomic mass is 10.0. The van der Waals surface area contributed by atoms with Gasteiger partial charge in [-0.1, -0.05) is 48.6 Å². The van der Waals surface area contributed by atoms with Crippen LogP contribution in [-0.2, 0) is 0 Å². The first-order valence-corrected chi connectivity index (χ1v) is 10.2. The topological polar surface area (TPSA) is 46.4 Å². The zero-order chi connectivity index (χ0) is 20.9. The van der Waals surface area contributed by atoms with Crippen LogP contribution in [-0.4, -0.2) is 18.0 Å². The molecule has 0 saturated carbocycles. The average molecular weight is 402 g/mol. The highest BCUT2D eigenvalue weighted by Gasteiger charge is 2.21. The number of nitro benzene ring substituents is 1. The summed E-state index contributed by atoms with van der Waals surface area (Å²) < 4.78 is 13.2. The minimum atomic E-state index is -0.295. The van der Waals surface area contributed by atoms with E-state index in [1.807, 2.05) is 48.6 Å². The zero-order valence-corrected chi connectivity index (χ0v) is 16.6. The van der Waals surface area contributed by atoms with Crippen molar-refractivity contribution in [1.82, 2.24) is 0 Å². The van der Waals surface area contributed by atoms with E-state index in [4.69, 9.17) is 0 Å². The summed E-state index contributed by atoms with van der Waals surface area (Å²) in [5.74, 6) is -0.260. The molecule has 0 N–H and O–H groups in total. The molecule has 0 aromatic heterocycles. The number of piperidine rings is 1. The van der Waals surface area contributed by atoms with Crippen LogP contribution in [0.1, 0.15) is 30.4 Å². The number of benzene rings is 3. The molecular formula is C25H23FN2O2. The summed E-state index contributed by atoms with van der Waals surface area (Å²) in [5, 5.41) is 11.6. The van der Waals surface area contributed by atoms with Gasteiger partial charge in [-0.15, -0.1) is 0 Å². The van der Waals surface area contributed by atoms with Crippen LogP contribution in [0.2, 0.25) is 0 Å². The predicted octanol–water partition coefficient (Wildman–Crippen LogP) is 6.56. The van der Waals surface area contributed by atoms with Gasteiger partial charge in [0, 0.05) is 19.2 Å². The fraction of sp³-hybridized carbons (Fsp3) is 0.200. The summed E-state index contributed by atoms with van der Waals surface area (Å²) in [6.07, 6.45) is 7.15. The van der Waals surface area contributed by atoms with Crippen LogP contribution < -0.4 is 4.90 Å². The zero-order valence-electron chi connectivity index (χ0n) is 16.6. The van der Waals surface area contributed by atoms with Crippen molar-refractivity contribution >= 4 is 23.5 Å². The van der Waals surface area contributed by atoms with Gasteiger partial charge < -0.3 is 4.90 Å². The minimum Gasteiger partial charge on any atom is -0.366 e. The van der Waals surface area contributed by atoms with Crippen molar-refractivity contribution in [3.05, 3.63) is 93.8 Å². The third-order valence-electron chi connectivity index (χ3n) is 5.43. The lowest BCUT2D eigenvalue weighted by Gasteiger charge is -2.28. The van der Waals surface area contributed by atoms with Crippen LogP contribution >= 0.6 is 0 Å². The van der Waals surface area contributed by atoms with E-state index in [1.165, 1.54) is 18.6 Å². The molecule has 1 aliphatic rings. The molecule has 4 nitrogen and oxygen atoms in total. The Balaban J connectivity index is 1.58. The van der Waals surface area contributed by atoms with Crippen molar-refractivity contribution in [1.29, 1.82) is 0 Å². The molecule has 3 aromatic rings. The second-order valence-corrected chi connectivity index (χ2v) is 7.52. The van der Waals surface area contributed by atoms with Crippen LogP contribution in [0.3, 0.4) is 0 Å². The first-order chi connectivity index (χ1) is 14.6. The smallest absolute Gasteiger partial charge is 0.293 e. The van der Waals surface area contributed by atoms with Crippen molar-refractivity contribution in [2.24, 2.45) is 0 Å². The van der Waals surface area contributed by atoms with Crippen LogP contribution in [0.15, 0.2) is 66.7 Å². The summed E-state index contributed by atoms with van der Waals surface area (Å²) in [4.78, 5) is 13.5. The highest BCUT2D eigenvalue weighted by atomic mass is 19.1. The first kappa shape index (κ1) is 19.8. The van der Waals surface area contributed by atoms with E-state index < -0.39 is 0 Å². The fourth-order valence-corrected chi connectivity index (χ4v) is 3.85. The molecule has 0 spiro atoms. The Morgan fingerprint density at radius 2 is 1.53 bits per heavy atom. The van der Waals surface area contributed by atoms with Gasteiger partial charge in [-0.05, 0) is 65.8 Å². The number of hydrogen-bond donors (Lipinski definition) is 0. The number of nitrogens with zero attached hydrogens (tertiary/aromatic N) is 2. The number of rotatable bonds is 5. The van der Waals surface area contributed by atoms with Crippen LogP contribution in [0.5, 0.6) is 0 Å². The van der Waals surface area contributed by atoms with Crippen molar-refractivity contribution in [2.75, 3.05) is 18.0 Å². The van der Waals surface area contributed by atoms with E-state index in [9.17, 15) is 14.5 Å². The molecule has 0 bridgehead atoms. The molecule has 0 radical (unpaired) electrons. The van der Waals surface area contributed by atoms with Crippen molar-refractivity contribution < 1.29 is 9.31 Å². The lowest BCUT2D eigenvalue weighted by molar-refractivity contribution is -0.384. The van der Waals surface area contributed by atoms with Crippen molar-refractivity contribution in [3.63, 3.8) is 0 Å². The quantitative estimate of drug-likeness (QED) is 0.276. The summed E-state index contributed by atoms with van der Waals surface area (Å²) in [7, 11) is 0. The van der Waals surface area contributed by atoms with Gasteiger partial charge in [0.1, 0.15) is 11.5 Å². The highest BCUT2D eigenvalue weighted by molar-refractivity contribution is 5.76. The Morgan fingerprint density at radius 3 is 2.23 bits per heavy atom. The molecule has 0 unspecified atom stereocenters. The normalized spacial score (nSPS) is 14.2. The Morgan fingerprint density at radius 1 is 0.833 bits per heavy atom. The van der Waals surface area contributed by atoms with Crippen LogP contribution in [0.25, 0.3) is 23.3 Å². The van der Waals surface area contributed by atoms with Crippen LogP contribution in [0.4, 0.5) is 15.8 Å². The van der Waals surface area contributed by atoms with Gasteiger partial charge in [0.2, 0.25) is 0 Å². The third-order valence-corrected chi connectivity index (χ3v) is 5.43. The molecule has 1 heterocycles. The largest absolute Gasteiger partial charge is 0.366 e. The molecule has 1 saturated heterocycles. The summed E-state index contributed by atoms with van der Waals surface area (Å²) in [5.41, 5.74) is 4.54. The predicted molar refractivity (Wildman–Crippen MR) is 120 cm³/mol. The first-order valence-electron chi connectivity index (χ1n) is 10.2. The van der Waals surface area contributed by atoms with Crippen molar-refractivity contribution in [3.8, 4) is 11.1 Å². The highest BCUT2D eigenvalue weighted by Crippen LogP contribution is 2.32. The monoisotopic (exact) mass is 402 g/mol. The van der Waals surface area contributed by atoms with Gasteiger partial charge >= 0.3 is 0 Å². The molecule has 1 fully saturated rings. The Labute approximate surface area is 175 Å². The van der Waals surface area contributed by atoms with Gasteiger partial charge in [0.05, 0.1) is 4.92 Å². The Bertz CT molecular complexity index is 1070. The molecule has 0 atom stereocenters. The maximum atomic E-state index is 13.2. The third kappa shape index (κ3) is 4.57. The average Bonchev–Trinajstić information content (AvgIpc) is 2.79. The Kier molecular flexibility index (Phi) is 5.89. The summed E-state index contributed by atoms with van der Waals surface area (Å²) in [6.45, 7) is 1.73. The SMILES string of the molecule is O=[N+]([O-])c1cc(/C=C/c2cccc(-c3ccc(F)cc3)c2)ccc1N1CCCCC1. The van der Waals surface area contributed by atoms with Crippen LogP contribution in [0, 0.1) is 15.9 Å². The molecule has 0 amide bonds. The molecule has 5 heteroatoms. The number of halogens is 1. The molecule has 152 valence electrons. The fourth-order valence-electron chi connectivity index (χ4n) is 3.85. The van der Waals surface area contributed by atoms with E-state index in [2.05, 4.69) is 4.90 Å². The summed E-state index contributed by atoms with van der Waals surface area (Å²) in [6, 6.07) is 19.7. The van der Waals surface area contributed by atoms with Gasteiger partial charge in [0.25, 0.3) is 5.69 Å². The molecule has 4 rings (SSSR count). The molecular weight excluding hydrogens is 379 g/mol. The molecule has 1 aliphatic heterocycles. The maximum Gasteiger partial charge on any atom is 0.293 e. The second kappa shape index (κ2) is 8.91. The van der Waals surface area contributed by atoms with E-state index in [-0.39, 0.29) is 16.4 Å². The van der Waals surface area contributed by atoms with Gasteiger partial charge in [-0.2, -0.15) is 0 Å². The number of nitro groups is 1. The van der Waals surface area contributed by atoms with Gasteiger partial charge in [-0.25, -0.2) is 4.39 Å². The van der Waals surface area contributed by atoms with E-state index in [0.29, 0.717) is 5.69 Å². The molecule has 3 aromatic carbocycles. The van der Waals surface area contributed by atoms with E-state index in [0.717, 1.165) is 48.2 Å². The second-order valence-electron chi connectivity index (χ2n) is 7.52. The van der Waals surface area contributed by atoms with E-state index in [1.54, 1.807) is 18.2 Å². The molecule has 0 aliphatic carbocycles. The lowest BCUT2D eigenvalue weighted by Crippen LogP contribution is -2.29.